The lowest BCUT2D eigenvalue weighted by atomic mass is 9.98. The Morgan fingerprint density at radius 2 is 2.27 bits per heavy atom. The molecule has 1 aliphatic heterocycles. The maximum atomic E-state index is 12.2. The van der Waals surface area contributed by atoms with Crippen LogP contribution in [0.3, 0.4) is 0 Å². The molecule has 3 rings (SSSR count). The highest BCUT2D eigenvalue weighted by Gasteiger charge is 2.30. The molecule has 0 aliphatic carbocycles. The van der Waals surface area contributed by atoms with Gasteiger partial charge < -0.3 is 14.6 Å². The van der Waals surface area contributed by atoms with E-state index in [1.807, 2.05) is 23.6 Å². The molecule has 0 saturated carbocycles. The second-order valence-electron chi connectivity index (χ2n) is 5.01. The largest absolute Gasteiger partial charge is 0.448 e. The summed E-state index contributed by atoms with van der Waals surface area (Å²) in [7, 11) is 0. The monoisotopic (exact) mass is 300 g/mol. The van der Waals surface area contributed by atoms with Crippen molar-refractivity contribution < 1.29 is 14.3 Å². The second kappa shape index (κ2) is 5.97. The quantitative estimate of drug-likeness (QED) is 0.840. The third-order valence-corrected chi connectivity index (χ3v) is 3.64. The standard InChI is InChI=1S/C15H16N4O3/c1-2-19-9-17-18-13(19)8-16-14(20)12-7-10-5-3-4-6-11(10)15(21)22-12/h3-6,9,12H,2,7-8H2,1H3,(H,16,20)/t12-/m1/s1. The summed E-state index contributed by atoms with van der Waals surface area (Å²) in [6.07, 6.45) is 1.19. The number of hydrogen-bond donors (Lipinski definition) is 1. The van der Waals surface area contributed by atoms with Gasteiger partial charge in [0.05, 0.1) is 12.1 Å². The number of ether oxygens (including phenoxy) is 1. The summed E-state index contributed by atoms with van der Waals surface area (Å²) in [5, 5.41) is 10.5. The smallest absolute Gasteiger partial charge is 0.339 e. The van der Waals surface area contributed by atoms with E-state index in [2.05, 4.69) is 15.5 Å². The highest BCUT2D eigenvalue weighted by molar-refractivity contribution is 5.95. The molecule has 1 N–H and O–H groups in total. The minimum absolute atomic E-state index is 0.252. The molecular formula is C15H16N4O3. The molecule has 0 unspecified atom stereocenters. The van der Waals surface area contributed by atoms with Crippen LogP contribution in [0.1, 0.15) is 28.7 Å². The molecule has 1 amide bonds. The molecule has 7 heteroatoms. The summed E-state index contributed by atoms with van der Waals surface area (Å²) >= 11 is 0. The number of rotatable bonds is 4. The highest BCUT2D eigenvalue weighted by atomic mass is 16.5. The van der Waals surface area contributed by atoms with Gasteiger partial charge >= 0.3 is 5.97 Å². The summed E-state index contributed by atoms with van der Waals surface area (Å²) in [5.74, 6) is -0.120. The fourth-order valence-electron chi connectivity index (χ4n) is 2.44. The molecule has 0 spiro atoms. The van der Waals surface area contributed by atoms with Gasteiger partial charge in [-0.1, -0.05) is 18.2 Å². The topological polar surface area (TPSA) is 86.1 Å². The van der Waals surface area contributed by atoms with Gasteiger partial charge in [0, 0.05) is 13.0 Å². The minimum Gasteiger partial charge on any atom is -0.448 e. The van der Waals surface area contributed by atoms with E-state index in [0.29, 0.717) is 17.8 Å². The number of hydrogen-bond acceptors (Lipinski definition) is 5. The molecule has 2 heterocycles. The fraction of sp³-hybridized carbons (Fsp3) is 0.333. The Kier molecular flexibility index (Phi) is 3.86. The number of aryl methyl sites for hydroxylation is 1. The summed E-state index contributed by atoms with van der Waals surface area (Å²) in [4.78, 5) is 24.1. The first-order chi connectivity index (χ1) is 10.7. The number of esters is 1. The Labute approximate surface area is 127 Å². The van der Waals surface area contributed by atoms with Gasteiger partial charge in [-0.25, -0.2) is 4.79 Å². The van der Waals surface area contributed by atoms with Crippen LogP contribution in [0.25, 0.3) is 0 Å². The Morgan fingerprint density at radius 1 is 1.45 bits per heavy atom. The van der Waals surface area contributed by atoms with Crippen LogP contribution < -0.4 is 5.32 Å². The zero-order chi connectivity index (χ0) is 15.5. The lowest BCUT2D eigenvalue weighted by Gasteiger charge is -2.23. The van der Waals surface area contributed by atoms with Gasteiger partial charge in [-0.15, -0.1) is 10.2 Å². The van der Waals surface area contributed by atoms with Gasteiger partial charge in [0.2, 0.25) is 0 Å². The van der Waals surface area contributed by atoms with E-state index in [1.165, 1.54) is 0 Å². The maximum absolute atomic E-state index is 12.2. The fourth-order valence-corrected chi connectivity index (χ4v) is 2.44. The molecule has 22 heavy (non-hydrogen) atoms. The Hall–Kier alpha value is -2.70. The Balaban J connectivity index is 1.65. The lowest BCUT2D eigenvalue weighted by Crippen LogP contribution is -2.41. The van der Waals surface area contributed by atoms with E-state index in [-0.39, 0.29) is 12.5 Å². The average Bonchev–Trinajstić information content (AvgIpc) is 3.00. The van der Waals surface area contributed by atoms with E-state index in [4.69, 9.17) is 4.74 Å². The van der Waals surface area contributed by atoms with Crippen LogP contribution in [-0.2, 0) is 29.0 Å². The maximum Gasteiger partial charge on any atom is 0.339 e. The van der Waals surface area contributed by atoms with Crippen molar-refractivity contribution in [3.05, 3.63) is 47.5 Å². The van der Waals surface area contributed by atoms with Crippen molar-refractivity contribution in [2.45, 2.75) is 32.5 Å². The van der Waals surface area contributed by atoms with Gasteiger partial charge in [-0.3, -0.25) is 4.79 Å². The molecule has 0 radical (unpaired) electrons. The van der Waals surface area contributed by atoms with Gasteiger partial charge in [-0.05, 0) is 18.6 Å². The van der Waals surface area contributed by atoms with Crippen LogP contribution >= 0.6 is 0 Å². The highest BCUT2D eigenvalue weighted by Crippen LogP contribution is 2.20. The zero-order valence-corrected chi connectivity index (χ0v) is 12.2. The number of carbonyl (C=O) groups is 2. The number of amides is 1. The van der Waals surface area contributed by atoms with Gasteiger partial charge in [0.15, 0.2) is 11.9 Å². The SMILES string of the molecule is CCn1cnnc1CNC(=O)[C@H]1Cc2ccccc2C(=O)O1. The molecule has 1 aromatic heterocycles. The first kappa shape index (κ1) is 14.2. The third-order valence-electron chi connectivity index (χ3n) is 3.64. The van der Waals surface area contributed by atoms with Crippen molar-refractivity contribution in [1.82, 2.24) is 20.1 Å². The number of carbonyl (C=O) groups excluding carboxylic acids is 2. The van der Waals surface area contributed by atoms with Crippen LogP contribution in [0.5, 0.6) is 0 Å². The molecule has 114 valence electrons. The van der Waals surface area contributed by atoms with E-state index in [1.54, 1.807) is 18.5 Å². The summed E-state index contributed by atoms with van der Waals surface area (Å²) in [5.41, 5.74) is 1.35. The van der Waals surface area contributed by atoms with Crippen molar-refractivity contribution in [1.29, 1.82) is 0 Å². The van der Waals surface area contributed by atoms with Crippen LogP contribution in [0.2, 0.25) is 0 Å². The molecule has 0 saturated heterocycles. The van der Waals surface area contributed by atoms with Crippen molar-refractivity contribution in [3.63, 3.8) is 0 Å². The normalized spacial score (nSPS) is 16.8. The number of nitrogens with one attached hydrogen (secondary N) is 1. The van der Waals surface area contributed by atoms with Crippen molar-refractivity contribution in [3.8, 4) is 0 Å². The van der Waals surface area contributed by atoms with Crippen LogP contribution in [0.4, 0.5) is 0 Å². The number of aromatic nitrogens is 3. The molecule has 1 aliphatic rings. The predicted octanol–water partition coefficient (Wildman–Crippen LogP) is 0.696. The Morgan fingerprint density at radius 3 is 3.09 bits per heavy atom. The molecule has 1 atom stereocenters. The summed E-state index contributed by atoms with van der Waals surface area (Å²) in [6.45, 7) is 2.95. The van der Waals surface area contributed by atoms with E-state index in [9.17, 15) is 9.59 Å². The second-order valence-corrected chi connectivity index (χ2v) is 5.01. The first-order valence-electron chi connectivity index (χ1n) is 7.12. The van der Waals surface area contributed by atoms with Crippen LogP contribution in [0.15, 0.2) is 30.6 Å². The number of fused-ring (bicyclic) bond motifs is 1. The number of nitrogens with zero attached hydrogens (tertiary/aromatic N) is 3. The zero-order valence-electron chi connectivity index (χ0n) is 12.2. The first-order valence-corrected chi connectivity index (χ1v) is 7.12. The molecule has 2 aromatic rings. The van der Waals surface area contributed by atoms with Gasteiger partial charge in [0.1, 0.15) is 6.33 Å². The van der Waals surface area contributed by atoms with Gasteiger partial charge in [-0.2, -0.15) is 0 Å². The molecule has 0 fully saturated rings. The van der Waals surface area contributed by atoms with Crippen LogP contribution in [0, 0.1) is 0 Å². The van der Waals surface area contributed by atoms with E-state index < -0.39 is 12.1 Å². The molecule has 0 bridgehead atoms. The van der Waals surface area contributed by atoms with Crippen molar-refractivity contribution in [2.24, 2.45) is 0 Å². The lowest BCUT2D eigenvalue weighted by molar-refractivity contribution is -0.130. The summed E-state index contributed by atoms with van der Waals surface area (Å²) in [6, 6.07) is 7.16. The summed E-state index contributed by atoms with van der Waals surface area (Å²) < 4.78 is 7.04. The van der Waals surface area contributed by atoms with Crippen LogP contribution in [-0.4, -0.2) is 32.7 Å². The van der Waals surface area contributed by atoms with Crippen molar-refractivity contribution in [2.75, 3.05) is 0 Å². The number of cyclic esters (lactones) is 1. The predicted molar refractivity (Wildman–Crippen MR) is 76.9 cm³/mol. The van der Waals surface area contributed by atoms with E-state index in [0.717, 1.165) is 12.1 Å². The molecule has 7 nitrogen and oxygen atoms in total. The molecular weight excluding hydrogens is 284 g/mol. The van der Waals surface area contributed by atoms with E-state index >= 15 is 0 Å². The third kappa shape index (κ3) is 2.69. The molecule has 1 aromatic carbocycles. The van der Waals surface area contributed by atoms with Gasteiger partial charge in [0.25, 0.3) is 5.91 Å². The minimum atomic E-state index is -0.805. The number of benzene rings is 1. The average molecular weight is 300 g/mol. The van der Waals surface area contributed by atoms with Crippen molar-refractivity contribution >= 4 is 11.9 Å². The Bertz CT molecular complexity index is 710.